The van der Waals surface area contributed by atoms with Gasteiger partial charge in [-0.2, -0.15) is 0 Å². The van der Waals surface area contributed by atoms with Crippen LogP contribution in [0.3, 0.4) is 0 Å². The molecule has 0 spiro atoms. The normalized spacial score (nSPS) is 12.4. The molecule has 2 atom stereocenters. The molecule has 0 aliphatic carbocycles. The predicted molar refractivity (Wildman–Crippen MR) is 109 cm³/mol. The van der Waals surface area contributed by atoms with E-state index in [4.69, 9.17) is 22.1 Å². The molecule has 0 aliphatic heterocycles. The van der Waals surface area contributed by atoms with Gasteiger partial charge in [-0.05, 0) is 38.7 Å². The van der Waals surface area contributed by atoms with Gasteiger partial charge in [-0.3, -0.25) is 9.59 Å². The first kappa shape index (κ1) is 23.4. The lowest BCUT2D eigenvalue weighted by Crippen LogP contribution is -2.50. The summed E-state index contributed by atoms with van der Waals surface area (Å²) in [6.07, 6.45) is 0.984. The molecule has 0 aromatic heterocycles. The van der Waals surface area contributed by atoms with Gasteiger partial charge in [0, 0.05) is 6.54 Å². The number of hydrogen-bond donors (Lipinski definition) is 4. The monoisotopic (exact) mass is 409 g/mol. The van der Waals surface area contributed by atoms with Crippen LogP contribution in [0, 0.1) is 0 Å². The molecule has 0 saturated heterocycles. The Bertz CT molecular complexity index is 669. The smallest absolute Gasteiger partial charge is 0.408 e. The van der Waals surface area contributed by atoms with Gasteiger partial charge in [-0.25, -0.2) is 4.79 Å². The molecule has 1 rings (SSSR count). The van der Waals surface area contributed by atoms with Crippen LogP contribution < -0.4 is 16.0 Å². The van der Waals surface area contributed by atoms with Crippen molar-refractivity contribution in [1.29, 1.82) is 0 Å². The van der Waals surface area contributed by atoms with Crippen molar-refractivity contribution in [3.63, 3.8) is 0 Å². The number of carboxylic acids is 1. The number of thiocarbonyl (C=S) groups is 1. The standard InChI is InChI=1S/C19H27N3O5S/c1-13(18(24)25)21-17(23)16(10-6-7-11-20-14(2)28)22-19(26)27-12-15-8-4-3-5-9-15/h3-5,8-9,13,16H,6-7,10-12H2,1-2H3,(H,20,28)(H,21,23)(H,22,26)(H,24,25)/t13-,16-/m0/s1. The number of benzene rings is 1. The summed E-state index contributed by atoms with van der Waals surface area (Å²) in [5.74, 6) is -1.72. The van der Waals surface area contributed by atoms with E-state index in [0.29, 0.717) is 24.4 Å². The highest BCUT2D eigenvalue weighted by Gasteiger charge is 2.24. The summed E-state index contributed by atoms with van der Waals surface area (Å²) in [6.45, 7) is 3.87. The van der Waals surface area contributed by atoms with Crippen LogP contribution in [-0.4, -0.2) is 46.7 Å². The molecule has 28 heavy (non-hydrogen) atoms. The fourth-order valence-corrected chi connectivity index (χ4v) is 2.39. The van der Waals surface area contributed by atoms with Gasteiger partial charge in [0.2, 0.25) is 5.91 Å². The van der Waals surface area contributed by atoms with Crippen molar-refractivity contribution in [3.8, 4) is 0 Å². The minimum Gasteiger partial charge on any atom is -0.480 e. The fourth-order valence-electron chi connectivity index (χ4n) is 2.29. The van der Waals surface area contributed by atoms with Crippen molar-refractivity contribution in [2.45, 2.75) is 51.8 Å². The van der Waals surface area contributed by atoms with Crippen LogP contribution in [-0.2, 0) is 20.9 Å². The Kier molecular flexibility index (Phi) is 10.6. The average molecular weight is 410 g/mol. The molecule has 0 fully saturated rings. The molecule has 4 N–H and O–H groups in total. The quantitative estimate of drug-likeness (QED) is 0.326. The zero-order valence-corrected chi connectivity index (χ0v) is 16.9. The van der Waals surface area contributed by atoms with E-state index < -0.39 is 30.1 Å². The number of ether oxygens (including phenoxy) is 1. The lowest BCUT2D eigenvalue weighted by Gasteiger charge is -2.20. The molecular formula is C19H27N3O5S. The fraction of sp³-hybridized carbons (Fsp3) is 0.474. The first-order valence-electron chi connectivity index (χ1n) is 9.04. The lowest BCUT2D eigenvalue weighted by molar-refractivity contribution is -0.141. The van der Waals surface area contributed by atoms with Crippen LogP contribution in [0.25, 0.3) is 0 Å². The van der Waals surface area contributed by atoms with Crippen LogP contribution in [0.1, 0.15) is 38.7 Å². The van der Waals surface area contributed by atoms with Crippen molar-refractivity contribution in [2.24, 2.45) is 0 Å². The number of rotatable bonds is 11. The number of carbonyl (C=O) groups is 3. The highest BCUT2D eigenvalue weighted by molar-refractivity contribution is 7.80. The van der Waals surface area contributed by atoms with E-state index in [1.807, 2.05) is 30.3 Å². The predicted octanol–water partition coefficient (Wildman–Crippen LogP) is 1.98. The third-order valence-corrected chi connectivity index (χ3v) is 3.99. The Hall–Kier alpha value is -2.68. The van der Waals surface area contributed by atoms with Crippen molar-refractivity contribution in [1.82, 2.24) is 16.0 Å². The van der Waals surface area contributed by atoms with Gasteiger partial charge in [-0.15, -0.1) is 0 Å². The van der Waals surface area contributed by atoms with E-state index in [1.54, 1.807) is 6.92 Å². The van der Waals surface area contributed by atoms with Crippen LogP contribution in [0.15, 0.2) is 30.3 Å². The van der Waals surface area contributed by atoms with Crippen LogP contribution in [0.5, 0.6) is 0 Å². The zero-order valence-electron chi connectivity index (χ0n) is 16.1. The van der Waals surface area contributed by atoms with Crippen LogP contribution in [0.2, 0.25) is 0 Å². The maximum atomic E-state index is 12.4. The van der Waals surface area contributed by atoms with Gasteiger partial charge in [0.05, 0.1) is 4.99 Å². The summed E-state index contributed by atoms with van der Waals surface area (Å²) >= 11 is 4.93. The minimum absolute atomic E-state index is 0.0738. The summed E-state index contributed by atoms with van der Waals surface area (Å²) in [6, 6.07) is 7.20. The number of nitrogens with one attached hydrogen (secondary N) is 3. The molecule has 0 aliphatic rings. The summed E-state index contributed by atoms with van der Waals surface area (Å²) in [4.78, 5) is 36.1. The van der Waals surface area contributed by atoms with Crippen molar-refractivity contribution >= 4 is 35.2 Å². The van der Waals surface area contributed by atoms with E-state index in [-0.39, 0.29) is 6.61 Å². The second kappa shape index (κ2) is 12.7. The van der Waals surface area contributed by atoms with E-state index in [9.17, 15) is 14.4 Å². The van der Waals surface area contributed by atoms with E-state index in [1.165, 1.54) is 6.92 Å². The molecule has 0 saturated carbocycles. The maximum absolute atomic E-state index is 12.4. The molecule has 0 unspecified atom stereocenters. The highest BCUT2D eigenvalue weighted by Crippen LogP contribution is 2.05. The number of carboxylic acid groups (broad SMARTS) is 1. The first-order chi connectivity index (χ1) is 13.3. The zero-order chi connectivity index (χ0) is 20.9. The van der Waals surface area contributed by atoms with Crippen molar-refractivity contribution < 1.29 is 24.2 Å². The molecule has 8 nitrogen and oxygen atoms in total. The Morgan fingerprint density at radius 1 is 1.14 bits per heavy atom. The Morgan fingerprint density at radius 3 is 2.43 bits per heavy atom. The van der Waals surface area contributed by atoms with Crippen LogP contribution >= 0.6 is 12.2 Å². The third-order valence-electron chi connectivity index (χ3n) is 3.84. The Morgan fingerprint density at radius 2 is 1.82 bits per heavy atom. The number of hydrogen-bond acceptors (Lipinski definition) is 5. The maximum Gasteiger partial charge on any atom is 0.408 e. The number of amides is 2. The number of unbranched alkanes of at least 4 members (excludes halogenated alkanes) is 1. The number of alkyl carbamates (subject to hydrolysis) is 1. The first-order valence-corrected chi connectivity index (χ1v) is 9.45. The Balaban J connectivity index is 2.56. The van der Waals surface area contributed by atoms with E-state index in [0.717, 1.165) is 12.0 Å². The molecule has 9 heteroatoms. The Labute approximate surface area is 170 Å². The summed E-state index contributed by atoms with van der Waals surface area (Å²) < 4.78 is 5.14. The number of aliphatic carboxylic acids is 1. The lowest BCUT2D eigenvalue weighted by atomic mass is 10.1. The number of carbonyl (C=O) groups excluding carboxylic acids is 2. The largest absolute Gasteiger partial charge is 0.480 e. The topological polar surface area (TPSA) is 117 Å². The molecule has 0 bridgehead atoms. The molecule has 154 valence electrons. The second-order valence-electron chi connectivity index (χ2n) is 6.31. The summed E-state index contributed by atoms with van der Waals surface area (Å²) in [5, 5.41) is 16.9. The van der Waals surface area contributed by atoms with Gasteiger partial charge in [0.15, 0.2) is 0 Å². The molecule has 0 radical (unpaired) electrons. The van der Waals surface area contributed by atoms with Crippen LogP contribution in [0.4, 0.5) is 4.79 Å². The van der Waals surface area contributed by atoms with Crippen molar-refractivity contribution in [3.05, 3.63) is 35.9 Å². The second-order valence-corrected chi connectivity index (χ2v) is 6.92. The third kappa shape index (κ3) is 9.86. The van der Waals surface area contributed by atoms with Gasteiger partial charge < -0.3 is 25.8 Å². The van der Waals surface area contributed by atoms with Gasteiger partial charge >= 0.3 is 12.1 Å². The molecular weight excluding hydrogens is 382 g/mol. The SMILES string of the molecule is CC(=S)NCCCC[C@H](NC(=O)OCc1ccccc1)C(=O)N[C@@H](C)C(=O)O. The summed E-state index contributed by atoms with van der Waals surface area (Å²) in [5.41, 5.74) is 0.819. The van der Waals surface area contributed by atoms with Gasteiger partial charge in [0.25, 0.3) is 0 Å². The highest BCUT2D eigenvalue weighted by atomic mass is 32.1. The molecule has 1 aromatic carbocycles. The molecule has 1 aromatic rings. The molecule has 2 amide bonds. The minimum atomic E-state index is -1.15. The van der Waals surface area contributed by atoms with Gasteiger partial charge in [0.1, 0.15) is 18.7 Å². The van der Waals surface area contributed by atoms with Gasteiger partial charge in [-0.1, -0.05) is 42.5 Å². The average Bonchev–Trinajstić information content (AvgIpc) is 2.65. The van der Waals surface area contributed by atoms with E-state index >= 15 is 0 Å². The summed E-state index contributed by atoms with van der Waals surface area (Å²) in [7, 11) is 0. The molecule has 0 heterocycles. The van der Waals surface area contributed by atoms with E-state index in [2.05, 4.69) is 16.0 Å². The van der Waals surface area contributed by atoms with Crippen molar-refractivity contribution in [2.75, 3.05) is 6.54 Å².